The summed E-state index contributed by atoms with van der Waals surface area (Å²) in [5.41, 5.74) is 4.08. The van der Waals surface area contributed by atoms with Crippen LogP contribution in [0.2, 0.25) is 0 Å². The maximum atomic E-state index is 12.7. The van der Waals surface area contributed by atoms with Crippen molar-refractivity contribution in [2.24, 2.45) is 5.41 Å². The SMILES string of the molecule is CC(C)(COP(=O)(O)OP(=O)(O)OCC1OC(n2cnc3c(N)ncnc32)C(O)C1OP(=O)(O)O)C(O)C(=O)NCCC(=O)NCCSC(=O)C1OC(O)C(OS(=O)(=O)O)C(O)C1O. The maximum absolute atomic E-state index is 12.7. The number of amides is 2. The molecule has 2 aliphatic rings. The fourth-order valence-corrected chi connectivity index (χ4v) is 9.74. The average Bonchev–Trinajstić information content (AvgIpc) is 3.74. The Bertz CT molecular complexity index is 2250. The van der Waals surface area contributed by atoms with Crippen molar-refractivity contribution >= 4 is 79.5 Å². The van der Waals surface area contributed by atoms with Gasteiger partial charge in [-0.15, -0.1) is 0 Å². The Morgan fingerprint density at radius 1 is 0.953 bits per heavy atom. The topological polar surface area (TPSA) is 497 Å². The number of hydrogen-bond acceptors (Lipinski definition) is 25. The molecule has 37 heteroatoms. The van der Waals surface area contributed by atoms with E-state index in [9.17, 15) is 81.6 Å². The molecule has 2 fully saturated rings. The highest BCUT2D eigenvalue weighted by molar-refractivity contribution is 8.13. The number of anilines is 1. The van der Waals surface area contributed by atoms with Gasteiger partial charge in [-0.3, -0.25) is 37.1 Å². The standard InChI is InChI=1S/C27H44N7O25P3S2/c1-27(2,20(39)23(40)30-4-3-12(35)29-5-6-63-26(42)19-15(37)14(36)18(25(41)56-19)58-64(50,51)52)8-54-62(48,49)59-61(46,47)53-7-11-17(57-60(43,44)45)16(38)24(55-11)34-10-33-13-21(28)31-9-32-22(13)34/h9-11,14-20,24-25,36-39,41H,3-8H2,1-2H3,(H,29,35)(H,30,40)(H,46,47)(H,48,49)(H2,28,31,32)(H2,43,44,45)(H,50,51,52). The zero-order chi connectivity index (χ0) is 48.2. The number of aliphatic hydroxyl groups is 5. The Labute approximate surface area is 364 Å². The first-order valence-electron chi connectivity index (χ1n) is 17.8. The van der Waals surface area contributed by atoms with Gasteiger partial charge in [-0.25, -0.2) is 32.8 Å². The fraction of sp³-hybridized carbons (Fsp3) is 0.704. The van der Waals surface area contributed by atoms with Gasteiger partial charge in [0, 0.05) is 30.7 Å². The molecule has 364 valence electrons. The summed E-state index contributed by atoms with van der Waals surface area (Å²) in [5.74, 6) is -1.98. The van der Waals surface area contributed by atoms with E-state index in [4.69, 9.17) is 28.8 Å². The van der Waals surface area contributed by atoms with Crippen LogP contribution in [0.3, 0.4) is 0 Å². The first-order chi connectivity index (χ1) is 29.4. The van der Waals surface area contributed by atoms with Crippen molar-refractivity contribution < 1.29 is 118 Å². The number of nitrogen functional groups attached to an aromatic ring is 1. The zero-order valence-electron chi connectivity index (χ0n) is 32.8. The molecule has 2 aromatic heterocycles. The lowest BCUT2D eigenvalue weighted by Gasteiger charge is -2.38. The average molecular weight is 1020 g/mol. The molecule has 2 aliphatic heterocycles. The molecular formula is C27H44N7O25P3S2. The molecule has 0 aromatic carbocycles. The van der Waals surface area contributed by atoms with Crippen molar-refractivity contribution in [2.75, 3.05) is 37.8 Å². The lowest BCUT2D eigenvalue weighted by Crippen LogP contribution is -2.60. The number of phosphoric ester groups is 3. The summed E-state index contributed by atoms with van der Waals surface area (Å²) < 4.78 is 101. The van der Waals surface area contributed by atoms with Crippen LogP contribution < -0.4 is 16.4 Å². The number of phosphoric acid groups is 3. The maximum Gasteiger partial charge on any atom is 0.481 e. The third-order valence-electron chi connectivity index (χ3n) is 8.77. The first-order valence-corrected chi connectivity index (χ1v) is 24.7. The fourth-order valence-electron chi connectivity index (χ4n) is 5.65. The minimum atomic E-state index is -5.64. The van der Waals surface area contributed by atoms with Crippen molar-refractivity contribution in [3.8, 4) is 0 Å². The number of thioether (sulfide) groups is 1. The summed E-state index contributed by atoms with van der Waals surface area (Å²) in [5, 5.41) is 55.1. The van der Waals surface area contributed by atoms with Gasteiger partial charge in [-0.05, 0) is 0 Å². The zero-order valence-corrected chi connectivity index (χ0v) is 37.1. The van der Waals surface area contributed by atoms with Crippen LogP contribution >= 0.6 is 35.2 Å². The summed E-state index contributed by atoms with van der Waals surface area (Å²) >= 11 is 0.483. The Hall–Kier alpha value is -2.73. The molecular weight excluding hydrogens is 979 g/mol. The van der Waals surface area contributed by atoms with Gasteiger partial charge in [-0.1, -0.05) is 25.6 Å². The number of imidazole rings is 1. The van der Waals surface area contributed by atoms with E-state index in [2.05, 4.69) is 38.6 Å². The number of nitrogens with one attached hydrogen (secondary N) is 2. The van der Waals surface area contributed by atoms with Gasteiger partial charge < -0.3 is 70.9 Å². The van der Waals surface area contributed by atoms with E-state index in [0.717, 1.165) is 17.2 Å². The third-order valence-corrected chi connectivity index (χ3v) is 13.3. The van der Waals surface area contributed by atoms with Gasteiger partial charge in [0.15, 0.2) is 36.2 Å². The van der Waals surface area contributed by atoms with Crippen LogP contribution in [-0.2, 0) is 70.0 Å². The van der Waals surface area contributed by atoms with Crippen LogP contribution in [0.1, 0.15) is 26.5 Å². The molecule has 4 heterocycles. The second kappa shape index (κ2) is 21.5. The number of ether oxygens (including phenoxy) is 2. The van der Waals surface area contributed by atoms with Crippen LogP contribution in [0.5, 0.6) is 0 Å². The molecule has 14 N–H and O–H groups in total. The third kappa shape index (κ3) is 14.9. The number of nitrogens with zero attached hydrogens (tertiary/aromatic N) is 4. The quantitative estimate of drug-likeness (QED) is 0.0299. The Balaban J connectivity index is 1.19. The predicted molar refractivity (Wildman–Crippen MR) is 206 cm³/mol. The molecule has 0 bridgehead atoms. The van der Waals surface area contributed by atoms with Crippen LogP contribution in [0.4, 0.5) is 5.82 Å². The smallest absolute Gasteiger partial charge is 0.387 e. The summed E-state index contributed by atoms with van der Waals surface area (Å²) in [6.45, 7) is -0.353. The second-order valence-electron chi connectivity index (χ2n) is 14.2. The van der Waals surface area contributed by atoms with Crippen LogP contribution in [-0.4, -0.2) is 182 Å². The summed E-state index contributed by atoms with van der Waals surface area (Å²) in [6, 6.07) is 0. The molecule has 0 radical (unpaired) electrons. The molecule has 12 atom stereocenters. The predicted octanol–water partition coefficient (Wildman–Crippen LogP) is -4.71. The normalized spacial score (nSPS) is 28.0. The van der Waals surface area contributed by atoms with Gasteiger partial charge in [0.25, 0.3) is 0 Å². The minimum absolute atomic E-state index is 0.00278. The number of aromatic nitrogens is 4. The molecule has 2 saturated heterocycles. The van der Waals surface area contributed by atoms with Gasteiger partial charge >= 0.3 is 33.9 Å². The van der Waals surface area contributed by atoms with Crippen molar-refractivity contribution in [1.29, 1.82) is 0 Å². The monoisotopic (exact) mass is 1020 g/mol. The van der Waals surface area contributed by atoms with Crippen molar-refractivity contribution in [3.05, 3.63) is 12.7 Å². The molecule has 64 heavy (non-hydrogen) atoms. The molecule has 12 unspecified atom stereocenters. The summed E-state index contributed by atoms with van der Waals surface area (Å²) in [6.07, 6.45) is -18.0. The number of hydrogen-bond donors (Lipinski definition) is 13. The van der Waals surface area contributed by atoms with Gasteiger partial charge in [0.05, 0.1) is 19.5 Å². The van der Waals surface area contributed by atoms with Crippen molar-refractivity contribution in [2.45, 2.75) is 81.6 Å². The number of nitrogens with two attached hydrogens (primary N) is 1. The lowest BCUT2D eigenvalue weighted by atomic mass is 9.87. The number of carbonyl (C=O) groups is 3. The van der Waals surface area contributed by atoms with Crippen molar-refractivity contribution in [3.63, 3.8) is 0 Å². The highest BCUT2D eigenvalue weighted by atomic mass is 32.3. The van der Waals surface area contributed by atoms with Gasteiger partial charge in [0.2, 0.25) is 16.9 Å². The van der Waals surface area contributed by atoms with E-state index in [1.54, 1.807) is 0 Å². The van der Waals surface area contributed by atoms with E-state index in [0.29, 0.717) is 11.8 Å². The molecule has 4 rings (SSSR count). The van der Waals surface area contributed by atoms with E-state index in [1.807, 2.05) is 0 Å². The largest absolute Gasteiger partial charge is 0.481 e. The minimum Gasteiger partial charge on any atom is -0.387 e. The number of carbonyl (C=O) groups excluding carboxylic acids is 3. The first kappa shape index (κ1) is 53.9. The van der Waals surface area contributed by atoms with Crippen LogP contribution in [0, 0.1) is 5.41 Å². The molecule has 0 saturated carbocycles. The highest BCUT2D eigenvalue weighted by Crippen LogP contribution is 2.61. The molecule has 2 aromatic rings. The molecule has 2 amide bonds. The van der Waals surface area contributed by atoms with E-state index >= 15 is 0 Å². The highest BCUT2D eigenvalue weighted by Gasteiger charge is 2.51. The molecule has 0 aliphatic carbocycles. The van der Waals surface area contributed by atoms with Gasteiger partial charge in [-0.2, -0.15) is 12.7 Å². The summed E-state index contributed by atoms with van der Waals surface area (Å²) in [7, 11) is -21.8. The molecule has 32 nitrogen and oxygen atoms in total. The van der Waals surface area contributed by atoms with Gasteiger partial charge in [0.1, 0.15) is 48.5 Å². The summed E-state index contributed by atoms with van der Waals surface area (Å²) in [4.78, 5) is 88.2. The van der Waals surface area contributed by atoms with E-state index in [1.165, 1.54) is 13.8 Å². The van der Waals surface area contributed by atoms with E-state index in [-0.39, 0.29) is 42.2 Å². The van der Waals surface area contributed by atoms with Crippen LogP contribution in [0.15, 0.2) is 12.7 Å². The molecule has 0 spiro atoms. The van der Waals surface area contributed by atoms with E-state index < -0.39 is 131 Å². The Morgan fingerprint density at radius 3 is 2.25 bits per heavy atom. The van der Waals surface area contributed by atoms with Crippen molar-refractivity contribution in [1.82, 2.24) is 30.2 Å². The lowest BCUT2D eigenvalue weighted by molar-refractivity contribution is -0.267. The van der Waals surface area contributed by atoms with Crippen LogP contribution in [0.25, 0.3) is 11.2 Å². The number of aliphatic hydroxyl groups excluding tert-OH is 5. The second-order valence-corrected chi connectivity index (χ2v) is 20.5. The Kier molecular flexibility index (Phi) is 18.1. The Morgan fingerprint density at radius 2 is 1.61 bits per heavy atom. The number of rotatable bonds is 22. The number of fused-ring (bicyclic) bond motifs is 1.